The van der Waals surface area contributed by atoms with Gasteiger partial charge in [0.1, 0.15) is 0 Å². The summed E-state index contributed by atoms with van der Waals surface area (Å²) in [5.41, 5.74) is 0. The molecule has 0 rings (SSSR count). The molecule has 7 heteroatoms. The maximum Gasteiger partial charge on any atom is 6.00 e. The van der Waals surface area contributed by atoms with Crippen molar-refractivity contribution in [2.75, 3.05) is 0 Å². The Morgan fingerprint density at radius 3 is 0.308 bits per heavy atom. The molecule has 0 aliphatic carbocycles. The molecule has 0 aromatic carbocycles. The van der Waals surface area contributed by atoms with Crippen molar-refractivity contribution in [1.82, 2.24) is 0 Å². The van der Waals surface area contributed by atoms with Crippen LogP contribution < -0.4 is 0 Å². The topological polar surface area (TPSA) is 143 Å². The minimum atomic E-state index is 0. The van der Waals surface area contributed by atoms with Crippen molar-refractivity contribution in [2.24, 2.45) is 0 Å². The molecule has 13 heavy (non-hydrogen) atoms. The Kier molecular flexibility index (Phi) is 699. The molecule has 0 aromatic heterocycles. The average molecular weight is 346 g/mol. The van der Waals surface area contributed by atoms with Gasteiger partial charge in [-0.3, -0.25) is 0 Å². The monoisotopic (exact) mass is 348 g/mol. The number of nitrogens with zero attached hydrogens (tertiary/aromatic N) is 6. The number of rotatable bonds is 0. The van der Waals surface area contributed by atoms with Gasteiger partial charge < -0.3 is 71.0 Å². The van der Waals surface area contributed by atoms with E-state index >= 15 is 0 Å². The molecule has 0 fully saturated rings. The molecule has 0 aliphatic rings. The van der Waals surface area contributed by atoms with Gasteiger partial charge in [0.2, 0.25) is 0 Å². The standard InChI is InChI=1S/6CN.Os/c6*1-2;/q6*-1;+6. The van der Waals surface area contributed by atoms with Crippen LogP contribution in [-0.2, 0) is 19.8 Å². The first-order valence-electron chi connectivity index (χ1n) is 1.34. The molecule has 0 amide bonds. The predicted octanol–water partition coefficient (Wildman–Crippen LogP) is 0.576. The third-order valence-corrected chi connectivity index (χ3v) is 0. The molecule has 6 nitrogen and oxygen atoms in total. The second-order valence-electron chi connectivity index (χ2n) is 0. The van der Waals surface area contributed by atoms with Crippen LogP contribution in [0.5, 0.6) is 0 Å². The summed E-state index contributed by atoms with van der Waals surface area (Å²) in [5, 5.41) is 37.5. The Labute approximate surface area is 91.1 Å². The van der Waals surface area contributed by atoms with Crippen LogP contribution in [0.1, 0.15) is 0 Å². The van der Waals surface area contributed by atoms with Crippen LogP contribution in [0.3, 0.4) is 0 Å². The maximum absolute atomic E-state index is 6.25. The summed E-state index contributed by atoms with van der Waals surface area (Å²) in [6.45, 7) is 28.5. The van der Waals surface area contributed by atoms with Gasteiger partial charge in [-0.15, -0.1) is 0 Å². The molecule has 62 valence electrons. The van der Waals surface area contributed by atoms with E-state index in [1.165, 1.54) is 0 Å². The third-order valence-electron chi connectivity index (χ3n) is 0. The van der Waals surface area contributed by atoms with Crippen LogP contribution >= 0.6 is 0 Å². The first-order valence-corrected chi connectivity index (χ1v) is 1.34. The average Bonchev–Trinajstić information content (AvgIpc) is 2.33. The molecule has 0 saturated heterocycles. The Morgan fingerprint density at radius 2 is 0.308 bits per heavy atom. The van der Waals surface area contributed by atoms with Crippen LogP contribution in [0.25, 0.3) is 0 Å². The molecule has 0 aromatic rings. The minimum absolute atomic E-state index is 0. The molecule has 0 atom stereocenters. The fourth-order valence-corrected chi connectivity index (χ4v) is 0. The molecule has 0 N–H and O–H groups in total. The SMILES string of the molecule is [C-]#N.[C-]#N.[C-]#N.[C-]#N.[C-]#N.[C-]#N.[Os+6]. The molecule has 0 unspecified atom stereocenters. The molecular weight excluding hydrogens is 346 g/mol. The minimum Gasteiger partial charge on any atom is -0.512 e. The third kappa shape index (κ3) is 93.6. The second kappa shape index (κ2) is 120. The van der Waals surface area contributed by atoms with E-state index in [0.29, 0.717) is 0 Å². The second-order valence-corrected chi connectivity index (χ2v) is 0. The van der Waals surface area contributed by atoms with Crippen molar-refractivity contribution in [1.29, 1.82) is 31.6 Å². The summed E-state index contributed by atoms with van der Waals surface area (Å²) in [6, 6.07) is 0. The molecule has 0 saturated carbocycles. The van der Waals surface area contributed by atoms with Crippen LogP contribution in [-0.4, -0.2) is 0 Å². The van der Waals surface area contributed by atoms with Gasteiger partial charge in [-0.2, -0.15) is 0 Å². The van der Waals surface area contributed by atoms with Crippen LogP contribution in [0.2, 0.25) is 0 Å². The van der Waals surface area contributed by atoms with Gasteiger partial charge in [0.05, 0.1) is 0 Å². The first-order chi connectivity index (χ1) is 6.00. The Morgan fingerprint density at radius 1 is 0.308 bits per heavy atom. The van der Waals surface area contributed by atoms with Gasteiger partial charge in [0, 0.05) is 0 Å². The smallest absolute Gasteiger partial charge is 0.512 e. The van der Waals surface area contributed by atoms with E-state index in [1.54, 1.807) is 0 Å². The molecular formula is C6N6Os. The van der Waals surface area contributed by atoms with E-state index in [2.05, 4.69) is 0 Å². The summed E-state index contributed by atoms with van der Waals surface area (Å²) >= 11 is 0. The predicted molar refractivity (Wildman–Crippen MR) is 29.8 cm³/mol. The summed E-state index contributed by atoms with van der Waals surface area (Å²) in [5.74, 6) is 0. The largest absolute Gasteiger partial charge is 6.00 e. The van der Waals surface area contributed by atoms with E-state index in [9.17, 15) is 0 Å². The Hall–Kier alpha value is -2.42. The van der Waals surface area contributed by atoms with E-state index in [-0.39, 0.29) is 19.8 Å². The molecule has 0 aliphatic heterocycles. The molecule has 0 heterocycles. The van der Waals surface area contributed by atoms with E-state index in [4.69, 9.17) is 71.0 Å². The fourth-order valence-electron chi connectivity index (χ4n) is 0. The number of hydrogen-bond donors (Lipinski definition) is 0. The molecule has 0 spiro atoms. The van der Waals surface area contributed by atoms with Gasteiger partial charge in [-0.05, 0) is 0 Å². The van der Waals surface area contributed by atoms with Gasteiger partial charge in [-0.1, -0.05) is 0 Å². The molecule has 0 radical (unpaired) electrons. The summed E-state index contributed by atoms with van der Waals surface area (Å²) < 4.78 is 0. The van der Waals surface area contributed by atoms with Crippen molar-refractivity contribution in [3.05, 3.63) is 39.4 Å². The van der Waals surface area contributed by atoms with Gasteiger partial charge in [0.25, 0.3) is 0 Å². The zero-order valence-electron chi connectivity index (χ0n) is 6.04. The summed E-state index contributed by atoms with van der Waals surface area (Å²) in [4.78, 5) is 0. The van der Waals surface area contributed by atoms with Crippen molar-refractivity contribution in [3.8, 4) is 0 Å². The molecule has 0 bridgehead atoms. The van der Waals surface area contributed by atoms with Crippen molar-refractivity contribution in [2.45, 2.75) is 0 Å². The quantitative estimate of drug-likeness (QED) is 0.587. The van der Waals surface area contributed by atoms with E-state index in [1.807, 2.05) is 0 Å². The van der Waals surface area contributed by atoms with Gasteiger partial charge in [-0.25, -0.2) is 0 Å². The van der Waals surface area contributed by atoms with E-state index in [0.717, 1.165) is 0 Å². The normalized spacial score (nSPS) is 0.923. The Balaban J connectivity index is -0.00000000655. The zero-order valence-corrected chi connectivity index (χ0v) is 8.58. The van der Waals surface area contributed by atoms with Gasteiger partial charge >= 0.3 is 19.8 Å². The van der Waals surface area contributed by atoms with Crippen LogP contribution in [0.4, 0.5) is 0 Å². The van der Waals surface area contributed by atoms with Crippen LogP contribution in [0, 0.1) is 71.0 Å². The van der Waals surface area contributed by atoms with Crippen molar-refractivity contribution >= 4 is 0 Å². The summed E-state index contributed by atoms with van der Waals surface area (Å²) in [6.07, 6.45) is 0. The maximum atomic E-state index is 6.25. The number of hydrogen-bond acceptors (Lipinski definition) is 6. The summed E-state index contributed by atoms with van der Waals surface area (Å²) in [7, 11) is 0. The van der Waals surface area contributed by atoms with E-state index < -0.39 is 0 Å². The zero-order chi connectivity index (χ0) is 12.0. The van der Waals surface area contributed by atoms with Crippen LogP contribution in [0.15, 0.2) is 0 Å². The van der Waals surface area contributed by atoms with Gasteiger partial charge in [0.15, 0.2) is 0 Å². The van der Waals surface area contributed by atoms with Crippen molar-refractivity contribution < 1.29 is 19.8 Å². The Bertz CT molecular complexity index is 92.1. The first kappa shape index (κ1) is 75.8. The van der Waals surface area contributed by atoms with Crippen molar-refractivity contribution in [3.63, 3.8) is 0 Å². The fraction of sp³-hybridized carbons (Fsp3) is 0.